The van der Waals surface area contributed by atoms with Crippen molar-refractivity contribution in [3.63, 3.8) is 0 Å². The lowest BCUT2D eigenvalue weighted by Crippen LogP contribution is -2.38. The molecule has 1 amide bonds. The Kier molecular flexibility index (Phi) is 4.76. The first kappa shape index (κ1) is 15.7. The molecular weight excluding hydrogens is 358 g/mol. The summed E-state index contributed by atoms with van der Waals surface area (Å²) in [6.45, 7) is 1.71. The molecule has 7 heteroatoms. The molecular formula is C16H18BrN5O. The lowest BCUT2D eigenvalue weighted by atomic mass is 9.96. The van der Waals surface area contributed by atoms with Crippen LogP contribution in [0.3, 0.4) is 0 Å². The second-order valence-corrected chi connectivity index (χ2v) is 6.48. The number of halogens is 1. The lowest BCUT2D eigenvalue weighted by Gasteiger charge is -2.32. The average molecular weight is 376 g/mol. The largest absolute Gasteiger partial charge is 0.371 e. The first-order chi connectivity index (χ1) is 11.1. The highest BCUT2D eigenvalue weighted by molar-refractivity contribution is 9.10. The van der Waals surface area contributed by atoms with Crippen LogP contribution in [0.25, 0.3) is 0 Å². The summed E-state index contributed by atoms with van der Waals surface area (Å²) in [5.74, 6) is 0.392. The Hall–Kier alpha value is -2.15. The lowest BCUT2D eigenvalue weighted by molar-refractivity contribution is -0.122. The van der Waals surface area contributed by atoms with Crippen LogP contribution in [0.2, 0.25) is 0 Å². The number of aromatic nitrogens is 2. The minimum atomic E-state index is -0.182. The van der Waals surface area contributed by atoms with Crippen LogP contribution >= 0.6 is 15.9 Å². The number of carbonyl (C=O) groups excluding carboxylic acids is 1. The third-order valence-electron chi connectivity index (χ3n) is 4.01. The minimum absolute atomic E-state index is 0.0155. The highest BCUT2D eigenvalue weighted by atomic mass is 79.9. The smallest absolute Gasteiger partial charge is 0.227 e. The van der Waals surface area contributed by atoms with Crippen molar-refractivity contribution in [3.8, 4) is 0 Å². The van der Waals surface area contributed by atoms with Crippen LogP contribution in [-0.2, 0) is 4.79 Å². The zero-order valence-corrected chi connectivity index (χ0v) is 14.2. The van der Waals surface area contributed by atoms with Crippen LogP contribution < -0.4 is 16.0 Å². The monoisotopic (exact) mass is 375 g/mol. The normalized spacial score (nSPS) is 15.4. The first-order valence-electron chi connectivity index (χ1n) is 7.51. The van der Waals surface area contributed by atoms with E-state index in [1.165, 1.54) is 0 Å². The fourth-order valence-electron chi connectivity index (χ4n) is 2.68. The molecule has 120 valence electrons. The summed E-state index contributed by atoms with van der Waals surface area (Å²) < 4.78 is 0.845. The molecule has 1 fully saturated rings. The maximum absolute atomic E-state index is 11.2. The number of hydrogen-bond donors (Lipinski definition) is 2. The highest BCUT2D eigenvalue weighted by Gasteiger charge is 2.23. The van der Waals surface area contributed by atoms with E-state index in [0.29, 0.717) is 5.95 Å². The molecule has 6 nitrogen and oxygen atoms in total. The predicted octanol–water partition coefficient (Wildman–Crippen LogP) is 2.68. The number of anilines is 3. The van der Waals surface area contributed by atoms with Crippen molar-refractivity contribution in [3.05, 3.63) is 41.1 Å². The summed E-state index contributed by atoms with van der Waals surface area (Å²) in [5, 5.41) is 3.16. The van der Waals surface area contributed by atoms with E-state index in [-0.39, 0.29) is 11.8 Å². The molecule has 0 radical (unpaired) electrons. The number of nitrogens with one attached hydrogen (secondary N) is 1. The Morgan fingerprint density at radius 3 is 2.35 bits per heavy atom. The van der Waals surface area contributed by atoms with Gasteiger partial charge in [-0.05, 0) is 53.0 Å². The van der Waals surface area contributed by atoms with Gasteiger partial charge in [-0.1, -0.05) is 0 Å². The fourth-order valence-corrected chi connectivity index (χ4v) is 2.89. The van der Waals surface area contributed by atoms with Crippen LogP contribution in [0.4, 0.5) is 17.3 Å². The molecule has 23 heavy (non-hydrogen) atoms. The van der Waals surface area contributed by atoms with E-state index < -0.39 is 0 Å². The number of primary amides is 1. The number of piperidine rings is 1. The SMILES string of the molecule is NC(=O)C1CCN(c2ccc(Nc3ncc(Br)cn3)cc2)CC1. The van der Waals surface area contributed by atoms with Gasteiger partial charge in [0.1, 0.15) is 0 Å². The Morgan fingerprint density at radius 1 is 1.17 bits per heavy atom. The van der Waals surface area contributed by atoms with Crippen LogP contribution in [0, 0.1) is 5.92 Å². The van der Waals surface area contributed by atoms with Crippen LogP contribution in [-0.4, -0.2) is 29.0 Å². The van der Waals surface area contributed by atoms with Gasteiger partial charge in [-0.15, -0.1) is 0 Å². The van der Waals surface area contributed by atoms with Crippen molar-refractivity contribution < 1.29 is 4.79 Å². The van der Waals surface area contributed by atoms with Gasteiger partial charge in [0.25, 0.3) is 0 Å². The second kappa shape index (κ2) is 6.95. The van der Waals surface area contributed by atoms with E-state index in [4.69, 9.17) is 5.73 Å². The van der Waals surface area contributed by atoms with E-state index in [9.17, 15) is 4.79 Å². The highest BCUT2D eigenvalue weighted by Crippen LogP contribution is 2.25. The number of amides is 1. The van der Waals surface area contributed by atoms with Gasteiger partial charge in [0.2, 0.25) is 11.9 Å². The molecule has 1 saturated heterocycles. The Bertz CT molecular complexity index is 666. The minimum Gasteiger partial charge on any atom is -0.371 e. The predicted molar refractivity (Wildman–Crippen MR) is 93.6 cm³/mol. The van der Waals surface area contributed by atoms with Gasteiger partial charge in [-0.2, -0.15) is 0 Å². The van der Waals surface area contributed by atoms with E-state index >= 15 is 0 Å². The Balaban J connectivity index is 1.61. The molecule has 3 rings (SSSR count). The number of nitrogens with zero attached hydrogens (tertiary/aromatic N) is 3. The number of hydrogen-bond acceptors (Lipinski definition) is 5. The van der Waals surface area contributed by atoms with E-state index in [2.05, 4.69) is 48.2 Å². The zero-order valence-electron chi connectivity index (χ0n) is 12.6. The molecule has 0 bridgehead atoms. The van der Waals surface area contributed by atoms with E-state index in [0.717, 1.165) is 41.8 Å². The average Bonchev–Trinajstić information content (AvgIpc) is 2.58. The van der Waals surface area contributed by atoms with Crippen molar-refractivity contribution in [1.29, 1.82) is 0 Å². The molecule has 1 aromatic heterocycles. The van der Waals surface area contributed by atoms with Gasteiger partial charge < -0.3 is 16.0 Å². The van der Waals surface area contributed by atoms with Crippen LogP contribution in [0.5, 0.6) is 0 Å². The van der Waals surface area contributed by atoms with Gasteiger partial charge in [0.15, 0.2) is 0 Å². The maximum Gasteiger partial charge on any atom is 0.227 e. The van der Waals surface area contributed by atoms with Gasteiger partial charge in [0.05, 0.1) is 4.47 Å². The second-order valence-electron chi connectivity index (χ2n) is 5.56. The van der Waals surface area contributed by atoms with E-state index in [1.54, 1.807) is 12.4 Å². The number of nitrogens with two attached hydrogens (primary N) is 1. The standard InChI is InChI=1S/C16H18BrN5O/c17-12-9-19-16(20-10-12)21-13-1-3-14(4-2-13)22-7-5-11(6-8-22)15(18)23/h1-4,9-11H,5-8H2,(H2,18,23)(H,19,20,21). The molecule has 2 heterocycles. The van der Waals surface area contributed by atoms with Gasteiger partial charge >= 0.3 is 0 Å². The van der Waals surface area contributed by atoms with Crippen molar-refractivity contribution in [2.75, 3.05) is 23.3 Å². The topological polar surface area (TPSA) is 84.1 Å². The molecule has 1 aliphatic rings. The molecule has 0 saturated carbocycles. The summed E-state index contributed by atoms with van der Waals surface area (Å²) in [5.41, 5.74) is 7.46. The summed E-state index contributed by atoms with van der Waals surface area (Å²) in [6, 6.07) is 8.12. The maximum atomic E-state index is 11.2. The molecule has 1 aromatic carbocycles. The fraction of sp³-hybridized carbons (Fsp3) is 0.312. The first-order valence-corrected chi connectivity index (χ1v) is 8.30. The Labute approximate surface area is 143 Å². The van der Waals surface area contributed by atoms with Crippen LogP contribution in [0.15, 0.2) is 41.1 Å². The number of rotatable bonds is 4. The number of carbonyl (C=O) groups is 1. The third kappa shape index (κ3) is 3.98. The summed E-state index contributed by atoms with van der Waals surface area (Å²) in [4.78, 5) is 21.9. The quantitative estimate of drug-likeness (QED) is 0.857. The molecule has 3 N–H and O–H groups in total. The Morgan fingerprint density at radius 2 is 1.78 bits per heavy atom. The molecule has 1 aliphatic heterocycles. The van der Waals surface area contributed by atoms with Crippen molar-refractivity contribution >= 4 is 39.2 Å². The molecule has 0 atom stereocenters. The summed E-state index contributed by atoms with van der Waals surface area (Å²) >= 11 is 3.31. The molecule has 0 spiro atoms. The van der Waals surface area contributed by atoms with Crippen molar-refractivity contribution in [2.45, 2.75) is 12.8 Å². The van der Waals surface area contributed by atoms with Gasteiger partial charge in [-0.25, -0.2) is 9.97 Å². The van der Waals surface area contributed by atoms with Gasteiger partial charge in [-0.3, -0.25) is 4.79 Å². The molecule has 0 aliphatic carbocycles. The summed E-state index contributed by atoms with van der Waals surface area (Å²) in [7, 11) is 0. The van der Waals surface area contributed by atoms with Gasteiger partial charge in [0, 0.05) is 42.8 Å². The summed E-state index contributed by atoms with van der Waals surface area (Å²) in [6.07, 6.45) is 5.04. The van der Waals surface area contributed by atoms with Crippen molar-refractivity contribution in [1.82, 2.24) is 9.97 Å². The molecule has 2 aromatic rings. The number of benzene rings is 1. The molecule has 0 unspecified atom stereocenters. The third-order valence-corrected chi connectivity index (χ3v) is 4.42. The van der Waals surface area contributed by atoms with E-state index in [1.807, 2.05) is 12.1 Å². The van der Waals surface area contributed by atoms with Crippen molar-refractivity contribution in [2.24, 2.45) is 11.7 Å². The van der Waals surface area contributed by atoms with Crippen LogP contribution in [0.1, 0.15) is 12.8 Å². The zero-order chi connectivity index (χ0) is 16.2.